The lowest BCUT2D eigenvalue weighted by atomic mass is 9.47. The van der Waals surface area contributed by atoms with E-state index in [2.05, 4.69) is 58.7 Å². The molecular weight excluding hydrogens is 1340 g/mol. The van der Waals surface area contributed by atoms with Crippen LogP contribution >= 0.6 is 21.6 Å². The number of guanidine groups is 1. The molecule has 3 fully saturated rings. The molecule has 13 N–H and O–H groups in total. The van der Waals surface area contributed by atoms with Gasteiger partial charge in [-0.1, -0.05) is 79.6 Å². The van der Waals surface area contributed by atoms with Crippen LogP contribution in [0.15, 0.2) is 53.5 Å². The highest BCUT2D eigenvalue weighted by Crippen LogP contribution is 2.67. The summed E-state index contributed by atoms with van der Waals surface area (Å²) >= 11 is 0. The number of aliphatic hydroxyl groups is 3. The van der Waals surface area contributed by atoms with E-state index in [0.717, 1.165) is 33.3 Å². The topological polar surface area (TPSA) is 392 Å². The van der Waals surface area contributed by atoms with Crippen molar-refractivity contribution in [3.63, 3.8) is 0 Å². The van der Waals surface area contributed by atoms with Crippen LogP contribution in [0.25, 0.3) is 10.9 Å². The number of hydrogen-bond acceptors (Lipinski definition) is 21. The third-order valence-electron chi connectivity index (χ3n) is 22.1. The zero-order chi connectivity index (χ0) is 73.2. The van der Waals surface area contributed by atoms with Crippen molar-refractivity contribution in [3.05, 3.63) is 70.9 Å². The Bertz CT molecular complexity index is 3610. The standard InChI is InChI=1S/C72H104N12O15S2/c1-9-68(95)37-47-38-70(41-98-42-85,59-50(22-28-83(39-47)40-68)49-18-11-12-19-53(49)78-59)52-35-51-55(36-58(52)97-8)82(7)63-71(51)24-29-84-27-16-23-69(10-2,62(71)84)64(92)72(63,96)65(93)80-81-67(94)99-30-32-101-100-31-15-21-56(88)45(5)77-60(90)44(4)34-57(89)54(20-14-26-76-66(73)74)79-61(91)43(3)33-48(87)17-13-25-75-46(6)86/h11-12,16,18-19,23,35-36,42-45,47,54,62-64,78,92,95-96H,9-10,13-15,17,20-22,24-34,37-41H2,1-8H3,(H,75,86)(H,77,90)(H,79,91)(H,80,93)(H,81,94)(H4,73,74,76)/t43-,44-,45+,47+,54+,62-,63+,64+,68?,69+,70-,71+,72-/m0/s1. The Morgan fingerprint density at radius 3 is 2.35 bits per heavy atom. The van der Waals surface area contributed by atoms with Crippen molar-refractivity contribution in [2.45, 2.75) is 184 Å². The number of hydrogen-bond donors (Lipinski definition) is 11. The number of nitrogens with zero attached hydrogens (tertiary/aromatic N) is 4. The van der Waals surface area contributed by atoms with E-state index >= 15 is 4.79 Å². The van der Waals surface area contributed by atoms with Gasteiger partial charge in [-0.2, -0.15) is 0 Å². The molecule has 1 aromatic heterocycles. The van der Waals surface area contributed by atoms with Crippen molar-refractivity contribution in [1.29, 1.82) is 0 Å². The Labute approximate surface area is 598 Å². The number of carbonyl (C=O) groups excluding carboxylic acids is 9. The molecule has 3 aromatic rings. The smallest absolute Gasteiger partial charge is 0.426 e. The number of aliphatic imine (C=N–C) groups is 1. The average molecular weight is 1440 g/mol. The highest BCUT2D eigenvalue weighted by Gasteiger charge is 2.79. The molecule has 1 spiro atoms. The minimum atomic E-state index is -2.57. The second kappa shape index (κ2) is 33.4. The van der Waals surface area contributed by atoms with Crippen LogP contribution in [0.2, 0.25) is 0 Å². The van der Waals surface area contributed by atoms with Gasteiger partial charge in [-0.3, -0.25) is 58.6 Å². The minimum absolute atomic E-state index is 0.0579. The Balaban J connectivity index is 0.810. The lowest BCUT2D eigenvalue weighted by molar-refractivity contribution is -0.204. The number of nitrogens with two attached hydrogens (primary N) is 2. The Hall–Kier alpha value is -7.28. The van der Waals surface area contributed by atoms with E-state index in [1.165, 1.54) is 28.5 Å². The largest absolute Gasteiger partial charge is 0.496 e. The zero-order valence-corrected chi connectivity index (χ0v) is 61.1. The molecule has 5 amide bonds. The van der Waals surface area contributed by atoms with Crippen LogP contribution in [-0.2, 0) is 65.1 Å². The number of H-pyrrole nitrogens is 1. The number of methoxy groups -OCH3 is 1. The Morgan fingerprint density at radius 2 is 1.62 bits per heavy atom. The molecule has 0 radical (unpaired) electrons. The van der Waals surface area contributed by atoms with E-state index < -0.39 is 99.2 Å². The first-order valence-electron chi connectivity index (χ1n) is 35.5. The number of ketones is 3. The Morgan fingerprint density at radius 1 is 0.881 bits per heavy atom. The number of amides is 5. The lowest BCUT2D eigenvalue weighted by Gasteiger charge is -2.63. The first kappa shape index (κ1) is 77.9. The fraction of sp³-hybridized carbons (Fsp3) is 0.639. The van der Waals surface area contributed by atoms with Gasteiger partial charge in [-0.05, 0) is 107 Å². The number of ether oxygens (including phenoxy) is 3. The van der Waals surface area contributed by atoms with E-state index in [4.69, 9.17) is 25.7 Å². The molecular formula is C72H104N12O15S2. The molecule has 6 heterocycles. The monoisotopic (exact) mass is 1440 g/mol. The van der Waals surface area contributed by atoms with Gasteiger partial charge in [0.05, 0.1) is 36.3 Å². The fourth-order valence-corrected chi connectivity index (χ4v) is 19.2. The quantitative estimate of drug-likeness (QED) is 0.00768. The summed E-state index contributed by atoms with van der Waals surface area (Å²) in [5, 5.41) is 47.9. The van der Waals surface area contributed by atoms with Crippen LogP contribution in [-0.4, -0.2) is 216 Å². The molecule has 2 bridgehead atoms. The van der Waals surface area contributed by atoms with Crippen molar-refractivity contribution >= 4 is 97.7 Å². The zero-order valence-electron chi connectivity index (χ0n) is 59.5. The number of likely N-dealkylation sites (N-methyl/N-ethyl adjacent to an activating group) is 1. The van der Waals surface area contributed by atoms with Gasteiger partial charge in [-0.25, -0.2) is 10.2 Å². The summed E-state index contributed by atoms with van der Waals surface area (Å²) in [5.41, 5.74) is 14.1. The highest BCUT2D eigenvalue weighted by molar-refractivity contribution is 8.76. The molecule has 14 atom stereocenters. The van der Waals surface area contributed by atoms with Crippen molar-refractivity contribution < 1.29 is 72.7 Å². The maximum atomic E-state index is 15.2. The number of anilines is 1. The fourth-order valence-electron chi connectivity index (χ4n) is 17.3. The summed E-state index contributed by atoms with van der Waals surface area (Å²) in [7, 11) is 6.25. The molecule has 9 rings (SSSR count). The SMILES string of the molecule is CCC1(O)C[C@H]2CN(CCc3c([nH]c4ccccc34)[C@@](COC=O)(c3cc4c(cc3OC)N(C)[C@H]3[C@@](O)(C(=O)NNC(=O)OCCSSCCCC(=O)[C@@H](C)NC(=O)[C@@H](C)CC(=O)[C@@H](CCCN=C(N)N)NC(=O)[C@@H](C)CC(=O)CCCNC(C)=O)[C@H](O)[C@]5(CC)C=CCN6CC[C@]43[C@@H]65)C2)C1. The highest BCUT2D eigenvalue weighted by atomic mass is 33.1. The van der Waals surface area contributed by atoms with Gasteiger partial charge >= 0.3 is 6.09 Å². The number of benzene rings is 2. The molecule has 6 aliphatic rings. The lowest BCUT2D eigenvalue weighted by Crippen LogP contribution is -2.82. The van der Waals surface area contributed by atoms with Crippen molar-refractivity contribution in [2.24, 2.45) is 39.6 Å². The van der Waals surface area contributed by atoms with Gasteiger partial charge in [-0.15, -0.1) is 0 Å². The van der Waals surface area contributed by atoms with Crippen molar-refractivity contribution in [3.8, 4) is 5.75 Å². The maximum Gasteiger partial charge on any atom is 0.426 e. The van der Waals surface area contributed by atoms with E-state index in [-0.39, 0.29) is 81.2 Å². The molecule has 27 nitrogen and oxygen atoms in total. The number of nitrogens with one attached hydrogen (secondary N) is 6. The predicted molar refractivity (Wildman–Crippen MR) is 386 cm³/mol. The molecule has 554 valence electrons. The number of fused-ring (bicyclic) bond motifs is 6. The van der Waals surface area contributed by atoms with E-state index in [9.17, 15) is 53.7 Å². The van der Waals surface area contributed by atoms with Crippen LogP contribution in [0.5, 0.6) is 5.75 Å². The van der Waals surface area contributed by atoms with Gasteiger partial charge < -0.3 is 66.8 Å². The summed E-state index contributed by atoms with van der Waals surface area (Å²) in [5.74, 6) is -3.50. The second-order valence-corrected chi connectivity index (χ2v) is 31.4. The van der Waals surface area contributed by atoms with Gasteiger partial charge in [0, 0.05) is 153 Å². The molecule has 101 heavy (non-hydrogen) atoms. The summed E-state index contributed by atoms with van der Waals surface area (Å²) in [6.45, 7) is 14.0. The number of aliphatic hydroxyl groups excluding tert-OH is 1. The molecule has 1 aliphatic carbocycles. The summed E-state index contributed by atoms with van der Waals surface area (Å²) in [4.78, 5) is 133. The van der Waals surface area contributed by atoms with Gasteiger partial charge in [0.15, 0.2) is 23.1 Å². The van der Waals surface area contributed by atoms with Gasteiger partial charge in [0.2, 0.25) is 17.7 Å². The Kier molecular flexibility index (Phi) is 25.8. The first-order chi connectivity index (χ1) is 48.2. The summed E-state index contributed by atoms with van der Waals surface area (Å²) < 4.78 is 18.0. The van der Waals surface area contributed by atoms with Gasteiger partial charge in [0.1, 0.15) is 30.9 Å². The summed E-state index contributed by atoms with van der Waals surface area (Å²) in [6, 6.07) is 8.88. The number of Topliss-reactive ketones (excluding diaryl/α,β-unsaturated/α-hetero) is 3. The third-order valence-corrected chi connectivity index (χ3v) is 24.5. The van der Waals surface area contributed by atoms with Crippen LogP contribution in [0, 0.1) is 23.2 Å². The molecule has 2 aromatic carbocycles. The number of carbonyl (C=O) groups is 9. The predicted octanol–water partition coefficient (Wildman–Crippen LogP) is 3.89. The van der Waals surface area contributed by atoms with Crippen LogP contribution in [0.1, 0.15) is 147 Å². The molecule has 2 saturated heterocycles. The average Bonchev–Trinajstić information content (AvgIpc) is 1.51. The van der Waals surface area contributed by atoms with Crippen LogP contribution < -0.4 is 47.9 Å². The maximum absolute atomic E-state index is 15.2. The first-order valence-corrected chi connectivity index (χ1v) is 38.0. The number of rotatable bonds is 34. The number of aromatic nitrogens is 1. The number of para-hydroxylation sites is 1. The van der Waals surface area contributed by atoms with E-state index in [1.807, 2.05) is 55.2 Å². The second-order valence-electron chi connectivity index (χ2n) is 28.7. The number of hydrazine groups is 1. The normalized spacial score (nSPS) is 27.4. The third kappa shape index (κ3) is 16.4. The molecule has 5 aliphatic heterocycles. The van der Waals surface area contributed by atoms with Crippen molar-refractivity contribution in [2.75, 3.05) is 89.6 Å². The van der Waals surface area contributed by atoms with Gasteiger partial charge in [0.25, 0.3) is 12.4 Å². The van der Waals surface area contributed by atoms with Crippen molar-refractivity contribution in [1.82, 2.24) is 41.6 Å². The van der Waals surface area contributed by atoms with Crippen LogP contribution in [0.4, 0.5) is 10.5 Å². The molecule has 29 heteroatoms. The van der Waals surface area contributed by atoms with E-state index in [1.54, 1.807) is 34.9 Å². The minimum Gasteiger partial charge on any atom is -0.496 e. The van der Waals surface area contributed by atoms with Crippen LogP contribution in [0.3, 0.4) is 0 Å². The number of aromatic amines is 1. The summed E-state index contributed by atoms with van der Waals surface area (Å²) in [6.07, 6.45) is 5.69. The molecule has 2 unspecified atom stereocenters. The van der Waals surface area contributed by atoms with E-state index in [0.29, 0.717) is 126 Å². The number of piperidine rings is 1. The molecule has 1 saturated carbocycles.